The number of anilines is 2. The number of aromatic nitrogens is 3. The summed E-state index contributed by atoms with van der Waals surface area (Å²) in [6, 6.07) is 2.49. The van der Waals surface area contributed by atoms with E-state index in [1.165, 1.54) is 25.5 Å². The lowest BCUT2D eigenvalue weighted by Gasteiger charge is -2.26. The molecule has 2 aromatic rings. The highest BCUT2D eigenvalue weighted by atomic mass is 19.3. The zero-order chi connectivity index (χ0) is 24.0. The number of aliphatic hydroxyl groups excluding tert-OH is 1. The fourth-order valence-electron chi connectivity index (χ4n) is 3.07. The SMILES string of the molecule is CC(Nc1cc(-c2cnc(NC(=O)C3CC3)cn2)cnc1C#N)C(=O)N(CCO)CC(F)F. The maximum Gasteiger partial charge on any atom is 0.255 e. The van der Waals surface area contributed by atoms with Crippen molar-refractivity contribution in [2.75, 3.05) is 30.3 Å². The Balaban J connectivity index is 1.75. The summed E-state index contributed by atoms with van der Waals surface area (Å²) >= 11 is 0. The van der Waals surface area contributed by atoms with Gasteiger partial charge in [0.05, 0.1) is 36.9 Å². The van der Waals surface area contributed by atoms with Gasteiger partial charge in [0.2, 0.25) is 11.8 Å². The molecule has 1 atom stereocenters. The number of halogens is 2. The van der Waals surface area contributed by atoms with Crippen molar-refractivity contribution in [2.24, 2.45) is 5.92 Å². The van der Waals surface area contributed by atoms with Crippen LogP contribution in [0.15, 0.2) is 24.7 Å². The third-order valence-corrected chi connectivity index (χ3v) is 4.92. The van der Waals surface area contributed by atoms with Crippen molar-refractivity contribution in [3.8, 4) is 17.3 Å². The van der Waals surface area contributed by atoms with Crippen molar-refractivity contribution in [3.05, 3.63) is 30.4 Å². The molecule has 33 heavy (non-hydrogen) atoms. The predicted molar refractivity (Wildman–Crippen MR) is 114 cm³/mol. The van der Waals surface area contributed by atoms with Crippen LogP contribution in [0.2, 0.25) is 0 Å². The summed E-state index contributed by atoms with van der Waals surface area (Å²) in [5.41, 5.74) is 1.12. The third kappa shape index (κ3) is 6.39. The highest BCUT2D eigenvalue weighted by Crippen LogP contribution is 2.30. The van der Waals surface area contributed by atoms with Crippen LogP contribution in [0, 0.1) is 17.2 Å². The number of alkyl halides is 2. The van der Waals surface area contributed by atoms with Crippen molar-refractivity contribution in [1.29, 1.82) is 5.26 Å². The number of rotatable bonds is 10. The van der Waals surface area contributed by atoms with Crippen molar-refractivity contribution in [1.82, 2.24) is 19.9 Å². The molecule has 3 N–H and O–H groups in total. The standard InChI is InChI=1S/C21H23F2N7O3/c1-12(21(33)30(4-5-31)11-18(22)23)28-15-6-14(8-25-16(15)7-24)17-9-27-19(10-26-17)29-20(32)13-2-3-13/h6,8-10,12-13,18,28,31H,2-5,11H2,1H3,(H,27,29,32). The van der Waals surface area contributed by atoms with E-state index in [-0.39, 0.29) is 29.8 Å². The Bertz CT molecular complexity index is 1040. The number of nitriles is 1. The Morgan fingerprint density at radius 1 is 1.27 bits per heavy atom. The normalized spacial score (nSPS) is 13.8. The number of amides is 2. The fourth-order valence-corrected chi connectivity index (χ4v) is 3.07. The first-order valence-corrected chi connectivity index (χ1v) is 10.3. The molecule has 0 spiro atoms. The molecule has 1 fully saturated rings. The van der Waals surface area contributed by atoms with E-state index in [0.717, 1.165) is 17.7 Å². The van der Waals surface area contributed by atoms with Gasteiger partial charge in [-0.3, -0.25) is 14.6 Å². The van der Waals surface area contributed by atoms with Gasteiger partial charge in [-0.05, 0) is 25.8 Å². The average molecular weight is 459 g/mol. The van der Waals surface area contributed by atoms with E-state index in [1.54, 1.807) is 6.07 Å². The number of carbonyl (C=O) groups is 2. The Kier molecular flexibility index (Phi) is 7.78. The number of nitrogens with zero attached hydrogens (tertiary/aromatic N) is 5. The molecule has 12 heteroatoms. The molecule has 1 unspecified atom stereocenters. The monoisotopic (exact) mass is 459 g/mol. The summed E-state index contributed by atoms with van der Waals surface area (Å²) in [4.78, 5) is 37.8. The summed E-state index contributed by atoms with van der Waals surface area (Å²) in [5.74, 6) is -0.405. The zero-order valence-corrected chi connectivity index (χ0v) is 17.8. The third-order valence-electron chi connectivity index (χ3n) is 4.92. The minimum absolute atomic E-state index is 0.00208. The summed E-state index contributed by atoms with van der Waals surface area (Å²) in [6.07, 6.45) is 3.25. The molecular formula is C21H23F2N7O3. The number of pyridine rings is 1. The second kappa shape index (κ2) is 10.7. The van der Waals surface area contributed by atoms with Crippen molar-refractivity contribution < 1.29 is 23.5 Å². The van der Waals surface area contributed by atoms with Gasteiger partial charge in [0.1, 0.15) is 12.1 Å². The highest BCUT2D eigenvalue weighted by Gasteiger charge is 2.30. The van der Waals surface area contributed by atoms with Gasteiger partial charge >= 0.3 is 0 Å². The topological polar surface area (TPSA) is 144 Å². The van der Waals surface area contributed by atoms with Crippen molar-refractivity contribution in [3.63, 3.8) is 0 Å². The maximum absolute atomic E-state index is 12.8. The molecule has 174 valence electrons. The molecule has 1 aliphatic carbocycles. The zero-order valence-electron chi connectivity index (χ0n) is 17.8. The Morgan fingerprint density at radius 2 is 2.03 bits per heavy atom. The van der Waals surface area contributed by atoms with Crippen LogP contribution in [-0.4, -0.2) is 68.9 Å². The van der Waals surface area contributed by atoms with Crippen LogP contribution in [0.1, 0.15) is 25.5 Å². The lowest BCUT2D eigenvalue weighted by atomic mass is 10.1. The van der Waals surface area contributed by atoms with Crippen LogP contribution < -0.4 is 10.6 Å². The number of hydrogen-bond acceptors (Lipinski definition) is 8. The van der Waals surface area contributed by atoms with E-state index in [1.807, 2.05) is 6.07 Å². The number of aliphatic hydroxyl groups is 1. The Morgan fingerprint density at radius 3 is 2.61 bits per heavy atom. The highest BCUT2D eigenvalue weighted by molar-refractivity contribution is 5.93. The molecule has 10 nitrogen and oxygen atoms in total. The van der Waals surface area contributed by atoms with Gasteiger partial charge in [0.15, 0.2) is 11.5 Å². The molecule has 1 saturated carbocycles. The number of hydrogen-bond donors (Lipinski definition) is 3. The van der Waals surface area contributed by atoms with Gasteiger partial charge in [0.25, 0.3) is 6.43 Å². The number of carbonyl (C=O) groups excluding carboxylic acids is 2. The Hall–Kier alpha value is -3.72. The molecule has 0 aliphatic heterocycles. The van der Waals surface area contributed by atoms with Gasteiger partial charge in [-0.25, -0.2) is 18.7 Å². The van der Waals surface area contributed by atoms with E-state index in [9.17, 15) is 23.6 Å². The molecule has 2 amide bonds. The minimum atomic E-state index is -2.75. The maximum atomic E-state index is 12.8. The van der Waals surface area contributed by atoms with E-state index < -0.39 is 31.5 Å². The van der Waals surface area contributed by atoms with Crippen LogP contribution in [0.25, 0.3) is 11.3 Å². The second-order valence-electron chi connectivity index (χ2n) is 7.55. The largest absolute Gasteiger partial charge is 0.395 e. The molecular weight excluding hydrogens is 436 g/mol. The lowest BCUT2D eigenvalue weighted by molar-refractivity contribution is -0.134. The molecule has 0 aromatic carbocycles. The molecule has 3 rings (SSSR count). The summed E-state index contributed by atoms with van der Waals surface area (Å²) in [6.45, 7) is -0.0452. The first-order valence-electron chi connectivity index (χ1n) is 10.3. The molecule has 1 aliphatic rings. The number of nitrogens with one attached hydrogen (secondary N) is 2. The van der Waals surface area contributed by atoms with Gasteiger partial charge < -0.3 is 20.6 Å². The van der Waals surface area contributed by atoms with Gasteiger partial charge in [-0.15, -0.1) is 0 Å². The first kappa shape index (κ1) is 23.9. The smallest absolute Gasteiger partial charge is 0.255 e. The van der Waals surface area contributed by atoms with Gasteiger partial charge in [-0.2, -0.15) is 5.26 Å². The second-order valence-corrected chi connectivity index (χ2v) is 7.55. The van der Waals surface area contributed by atoms with Gasteiger partial charge in [-0.1, -0.05) is 0 Å². The van der Waals surface area contributed by atoms with Crippen LogP contribution in [0.4, 0.5) is 20.3 Å². The summed E-state index contributed by atoms with van der Waals surface area (Å²) < 4.78 is 25.5. The predicted octanol–water partition coefficient (Wildman–Crippen LogP) is 1.65. The van der Waals surface area contributed by atoms with E-state index in [4.69, 9.17) is 5.11 Å². The van der Waals surface area contributed by atoms with Crippen LogP contribution in [0.3, 0.4) is 0 Å². The molecule has 0 radical (unpaired) electrons. The molecule has 0 saturated heterocycles. The lowest BCUT2D eigenvalue weighted by Crippen LogP contribution is -2.45. The Labute approximate surface area is 188 Å². The van der Waals surface area contributed by atoms with Crippen molar-refractivity contribution >= 4 is 23.3 Å². The van der Waals surface area contributed by atoms with E-state index in [0.29, 0.717) is 17.1 Å². The van der Waals surface area contributed by atoms with Crippen LogP contribution in [-0.2, 0) is 9.59 Å². The fraction of sp³-hybridized carbons (Fsp3) is 0.429. The van der Waals surface area contributed by atoms with Gasteiger partial charge in [0, 0.05) is 24.2 Å². The van der Waals surface area contributed by atoms with Crippen molar-refractivity contribution in [2.45, 2.75) is 32.2 Å². The van der Waals surface area contributed by atoms with E-state index >= 15 is 0 Å². The quantitative estimate of drug-likeness (QED) is 0.486. The van der Waals surface area contributed by atoms with Crippen LogP contribution >= 0.6 is 0 Å². The minimum Gasteiger partial charge on any atom is -0.395 e. The average Bonchev–Trinajstić information content (AvgIpc) is 3.64. The molecule has 2 aromatic heterocycles. The van der Waals surface area contributed by atoms with E-state index in [2.05, 4.69) is 25.6 Å². The summed E-state index contributed by atoms with van der Waals surface area (Å²) in [7, 11) is 0. The van der Waals surface area contributed by atoms with Crippen LogP contribution in [0.5, 0.6) is 0 Å². The molecule has 2 heterocycles. The molecule has 0 bridgehead atoms. The first-order chi connectivity index (χ1) is 15.8. The summed E-state index contributed by atoms with van der Waals surface area (Å²) in [5, 5.41) is 24.0.